The molecule has 0 saturated carbocycles. The van der Waals surface area contributed by atoms with Crippen molar-refractivity contribution in [2.24, 2.45) is 0 Å². The third-order valence-electron chi connectivity index (χ3n) is 2.72. The summed E-state index contributed by atoms with van der Waals surface area (Å²) in [5, 5.41) is 3.37. The molecule has 2 amide bonds. The number of nitrogens with one attached hydrogen (secondary N) is 1. The number of nitrogens with zero attached hydrogens (tertiary/aromatic N) is 2. The van der Waals surface area contributed by atoms with E-state index >= 15 is 0 Å². The fourth-order valence-corrected chi connectivity index (χ4v) is 2.12. The van der Waals surface area contributed by atoms with E-state index in [1.54, 1.807) is 18.3 Å². The zero-order chi connectivity index (χ0) is 15.2. The summed E-state index contributed by atoms with van der Waals surface area (Å²) in [6, 6.07) is 10.7. The Morgan fingerprint density at radius 3 is 2.62 bits per heavy atom. The van der Waals surface area contributed by atoms with Crippen molar-refractivity contribution >= 4 is 52.2 Å². The van der Waals surface area contributed by atoms with Gasteiger partial charge in [-0.3, -0.25) is 9.62 Å². The van der Waals surface area contributed by atoms with Gasteiger partial charge in [-0.1, -0.05) is 36.5 Å². The lowest BCUT2D eigenvalue weighted by molar-refractivity contribution is 0.239. The molecule has 0 unspecified atom stereocenters. The minimum Gasteiger partial charge on any atom is -0.291 e. The molecule has 2 rings (SSSR count). The summed E-state index contributed by atoms with van der Waals surface area (Å²) in [7, 11) is 0. The van der Waals surface area contributed by atoms with Crippen LogP contribution in [0, 0.1) is 0 Å². The van der Waals surface area contributed by atoms with Crippen LogP contribution in [0.25, 0.3) is 0 Å². The topological polar surface area (TPSA) is 45.2 Å². The Labute approximate surface area is 142 Å². The van der Waals surface area contributed by atoms with Crippen LogP contribution in [0.3, 0.4) is 0 Å². The highest BCUT2D eigenvalue weighted by Crippen LogP contribution is 2.13. The first-order chi connectivity index (χ1) is 10.0. The maximum atomic E-state index is 11.9. The van der Waals surface area contributed by atoms with E-state index in [-0.39, 0.29) is 6.03 Å². The van der Waals surface area contributed by atoms with Gasteiger partial charge in [0, 0.05) is 22.2 Å². The van der Waals surface area contributed by atoms with Crippen LogP contribution < -0.4 is 5.32 Å². The van der Waals surface area contributed by atoms with Crippen LogP contribution in [-0.4, -0.2) is 21.9 Å². The maximum absolute atomic E-state index is 11.9. The van der Waals surface area contributed by atoms with Gasteiger partial charge in [0.15, 0.2) is 0 Å². The normalized spacial score (nSPS) is 10.2. The molecule has 0 bridgehead atoms. The zero-order valence-corrected chi connectivity index (χ0v) is 14.2. The van der Waals surface area contributed by atoms with E-state index in [0.717, 1.165) is 10.0 Å². The number of benzene rings is 1. The molecule has 0 spiro atoms. The highest BCUT2D eigenvalue weighted by atomic mass is 79.9. The highest BCUT2D eigenvalue weighted by molar-refractivity contribution is 9.10. The van der Waals surface area contributed by atoms with Crippen molar-refractivity contribution < 1.29 is 4.79 Å². The molecule has 0 aliphatic heterocycles. The van der Waals surface area contributed by atoms with Crippen molar-refractivity contribution in [3.63, 3.8) is 0 Å². The predicted molar refractivity (Wildman–Crippen MR) is 91.8 cm³/mol. The molecule has 21 heavy (non-hydrogen) atoms. The minimum atomic E-state index is -0.317. The molecule has 4 nitrogen and oxygen atoms in total. The third kappa shape index (κ3) is 5.22. The third-order valence-corrected chi connectivity index (χ3v) is 3.83. The first kappa shape index (κ1) is 16.1. The summed E-state index contributed by atoms with van der Waals surface area (Å²) in [5.41, 5.74) is 1.09. The average molecular weight is 387 g/mol. The quantitative estimate of drug-likeness (QED) is 0.764. The summed E-state index contributed by atoms with van der Waals surface area (Å²) in [4.78, 5) is 16.0. The van der Waals surface area contributed by atoms with Gasteiger partial charge in [-0.2, -0.15) is 0 Å². The predicted octanol–water partition coefficient (Wildman–Crippen LogP) is 4.42. The Balaban J connectivity index is 1.84. The van der Waals surface area contributed by atoms with Gasteiger partial charge in [0.25, 0.3) is 0 Å². The number of carbonyl (C=O) groups excluding carboxylic acids is 1. The molecule has 0 aliphatic carbocycles. The van der Waals surface area contributed by atoms with Gasteiger partial charge in [0.2, 0.25) is 0 Å². The van der Waals surface area contributed by atoms with E-state index in [1.807, 2.05) is 24.3 Å². The number of pyridine rings is 1. The van der Waals surface area contributed by atoms with Crippen molar-refractivity contribution in [1.29, 1.82) is 0 Å². The molecule has 1 aromatic carbocycles. The number of carbonyl (C=O) groups is 1. The number of anilines is 1. The van der Waals surface area contributed by atoms with Crippen molar-refractivity contribution in [3.05, 3.63) is 57.7 Å². The number of urea groups is 1. The Kier molecular flexibility index (Phi) is 5.90. The Hall–Kier alpha value is -1.24. The molecule has 1 heterocycles. The fraction of sp³-hybridized carbons (Fsp3) is 0.143. The lowest BCUT2D eigenvalue weighted by atomic mass is 10.1. The lowest BCUT2D eigenvalue weighted by Gasteiger charge is -2.16. The van der Waals surface area contributed by atoms with Crippen molar-refractivity contribution in [2.45, 2.75) is 6.42 Å². The van der Waals surface area contributed by atoms with Crippen LogP contribution in [0.4, 0.5) is 10.6 Å². The van der Waals surface area contributed by atoms with Gasteiger partial charge in [0.05, 0.1) is 0 Å². The van der Waals surface area contributed by atoms with E-state index in [9.17, 15) is 4.79 Å². The second-order valence-corrected chi connectivity index (χ2v) is 6.13. The van der Waals surface area contributed by atoms with Crippen LogP contribution in [0.15, 0.2) is 47.1 Å². The van der Waals surface area contributed by atoms with E-state index in [1.165, 1.54) is 4.31 Å². The summed E-state index contributed by atoms with van der Waals surface area (Å²) in [6.45, 7) is 0.479. The summed E-state index contributed by atoms with van der Waals surface area (Å²) < 4.78 is 2.17. The van der Waals surface area contributed by atoms with Gasteiger partial charge in [-0.25, -0.2) is 9.78 Å². The SMILES string of the molecule is O=C(Nc1ccc(Br)cn1)N(S)CCc1ccc(Cl)cc1. The molecule has 0 atom stereocenters. The van der Waals surface area contributed by atoms with Crippen molar-refractivity contribution in [1.82, 2.24) is 9.29 Å². The molecule has 110 valence electrons. The number of aromatic nitrogens is 1. The molecule has 1 N–H and O–H groups in total. The van der Waals surface area contributed by atoms with E-state index in [2.05, 4.69) is 39.0 Å². The molecule has 2 aromatic rings. The summed E-state index contributed by atoms with van der Waals surface area (Å²) in [6.07, 6.45) is 2.31. The zero-order valence-electron chi connectivity index (χ0n) is 11.0. The van der Waals surface area contributed by atoms with E-state index in [4.69, 9.17) is 11.6 Å². The molecule has 7 heteroatoms. The van der Waals surface area contributed by atoms with Gasteiger partial charge in [-0.05, 0) is 52.2 Å². The molecule has 1 aromatic heterocycles. The number of thiol groups is 1. The number of hydrogen-bond donors (Lipinski definition) is 2. The van der Waals surface area contributed by atoms with Crippen molar-refractivity contribution in [3.8, 4) is 0 Å². The molecule has 0 aliphatic rings. The van der Waals surface area contributed by atoms with Gasteiger partial charge < -0.3 is 0 Å². The van der Waals surface area contributed by atoms with Crippen molar-refractivity contribution in [2.75, 3.05) is 11.9 Å². The highest BCUT2D eigenvalue weighted by Gasteiger charge is 2.10. The first-order valence-corrected chi connectivity index (χ1v) is 7.75. The Bertz CT molecular complexity index is 607. The number of amides is 2. The van der Waals surface area contributed by atoms with Crippen LogP contribution >= 0.6 is 40.3 Å². The Morgan fingerprint density at radius 2 is 2.00 bits per heavy atom. The standard InChI is InChI=1S/C14H13BrClN3OS/c15-11-3-6-13(17-9-11)18-14(20)19(21)8-7-10-1-4-12(16)5-2-10/h1-6,9,21H,7-8H2,(H,17,18,20). The van der Waals surface area contributed by atoms with Crippen LogP contribution in [0.5, 0.6) is 0 Å². The lowest BCUT2D eigenvalue weighted by Crippen LogP contribution is -2.29. The minimum absolute atomic E-state index is 0.317. The number of hydrogen-bond acceptors (Lipinski definition) is 3. The second kappa shape index (κ2) is 7.68. The Morgan fingerprint density at radius 1 is 1.29 bits per heavy atom. The van der Waals surface area contributed by atoms with Gasteiger partial charge in [-0.15, -0.1) is 0 Å². The molecular formula is C14H13BrClN3OS. The fourth-order valence-electron chi connectivity index (χ4n) is 1.61. The summed E-state index contributed by atoms with van der Waals surface area (Å²) >= 11 is 13.3. The van der Waals surface area contributed by atoms with E-state index in [0.29, 0.717) is 23.8 Å². The molecule has 0 radical (unpaired) electrons. The molecular weight excluding hydrogens is 374 g/mol. The number of halogens is 2. The van der Waals surface area contributed by atoms with Crippen LogP contribution in [0.2, 0.25) is 5.02 Å². The van der Waals surface area contributed by atoms with Crippen LogP contribution in [0.1, 0.15) is 5.56 Å². The molecule has 0 fully saturated rings. The first-order valence-electron chi connectivity index (χ1n) is 6.18. The maximum Gasteiger partial charge on any atom is 0.332 e. The second-order valence-electron chi connectivity index (χ2n) is 4.29. The summed E-state index contributed by atoms with van der Waals surface area (Å²) in [5.74, 6) is 0.480. The van der Waals surface area contributed by atoms with Gasteiger partial charge >= 0.3 is 6.03 Å². The largest absolute Gasteiger partial charge is 0.332 e. The average Bonchev–Trinajstić information content (AvgIpc) is 2.48. The van der Waals surface area contributed by atoms with Crippen LogP contribution in [-0.2, 0) is 6.42 Å². The number of rotatable bonds is 4. The van der Waals surface area contributed by atoms with E-state index < -0.39 is 0 Å². The monoisotopic (exact) mass is 385 g/mol. The smallest absolute Gasteiger partial charge is 0.291 e. The van der Waals surface area contributed by atoms with Gasteiger partial charge in [0.1, 0.15) is 5.82 Å². The molecule has 0 saturated heterocycles.